The van der Waals surface area contributed by atoms with Crippen LogP contribution in [0.25, 0.3) is 11.5 Å². The zero-order valence-electron chi connectivity index (χ0n) is 12.7. The van der Waals surface area contributed by atoms with Crippen molar-refractivity contribution in [1.82, 2.24) is 15.0 Å². The van der Waals surface area contributed by atoms with Crippen molar-refractivity contribution in [1.29, 1.82) is 0 Å². The average molecular weight is 291 g/mol. The molecule has 21 heavy (non-hydrogen) atoms. The molecule has 0 radical (unpaired) electrons. The van der Waals surface area contributed by atoms with Crippen molar-refractivity contribution < 1.29 is 14.4 Å². The minimum atomic E-state index is 0.0129. The quantitative estimate of drug-likeness (QED) is 0.844. The first-order chi connectivity index (χ1) is 10.2. The van der Waals surface area contributed by atoms with Gasteiger partial charge in [0.2, 0.25) is 0 Å². The van der Waals surface area contributed by atoms with Crippen molar-refractivity contribution in [3.8, 4) is 23.0 Å². The molecular formula is C15H21N3O3. The molecule has 0 atom stereocenters. The molecule has 1 heterocycles. The van der Waals surface area contributed by atoms with Gasteiger partial charge in [0, 0.05) is 13.0 Å². The minimum Gasteiger partial charge on any atom is -0.504 e. The topological polar surface area (TPSA) is 71.6 Å². The Labute approximate surface area is 124 Å². The van der Waals surface area contributed by atoms with E-state index in [0.717, 1.165) is 26.1 Å². The Morgan fingerprint density at radius 2 is 2.05 bits per heavy atom. The van der Waals surface area contributed by atoms with E-state index in [9.17, 15) is 5.11 Å². The number of aromatic hydroxyl groups is 1. The van der Waals surface area contributed by atoms with Crippen LogP contribution in [0.5, 0.6) is 11.5 Å². The lowest BCUT2D eigenvalue weighted by atomic mass is 10.2. The van der Waals surface area contributed by atoms with Gasteiger partial charge in [-0.25, -0.2) is 0 Å². The van der Waals surface area contributed by atoms with E-state index in [2.05, 4.69) is 28.9 Å². The van der Waals surface area contributed by atoms with Crippen molar-refractivity contribution in [3.63, 3.8) is 0 Å². The van der Waals surface area contributed by atoms with Gasteiger partial charge in [0.05, 0.1) is 12.7 Å². The predicted octanol–water partition coefficient (Wildman–Crippen LogP) is 2.34. The largest absolute Gasteiger partial charge is 0.504 e. The normalized spacial score (nSPS) is 11.0. The smallest absolute Gasteiger partial charge is 0.261 e. The third-order valence-corrected chi connectivity index (χ3v) is 3.46. The van der Waals surface area contributed by atoms with Crippen LogP contribution in [0.15, 0.2) is 22.7 Å². The van der Waals surface area contributed by atoms with Gasteiger partial charge in [-0.05, 0) is 25.2 Å². The summed E-state index contributed by atoms with van der Waals surface area (Å²) in [5, 5.41) is 14.0. The molecule has 6 nitrogen and oxygen atoms in total. The second-order valence-electron chi connectivity index (χ2n) is 4.65. The van der Waals surface area contributed by atoms with Crippen molar-refractivity contribution in [2.75, 3.05) is 26.7 Å². The van der Waals surface area contributed by atoms with Crippen LogP contribution >= 0.6 is 0 Å². The van der Waals surface area contributed by atoms with Gasteiger partial charge in [0.25, 0.3) is 5.89 Å². The van der Waals surface area contributed by atoms with E-state index in [-0.39, 0.29) is 5.75 Å². The molecule has 2 rings (SSSR count). The predicted molar refractivity (Wildman–Crippen MR) is 79.4 cm³/mol. The van der Waals surface area contributed by atoms with Crippen LogP contribution in [0.4, 0.5) is 0 Å². The average Bonchev–Trinajstić information content (AvgIpc) is 2.97. The molecule has 0 amide bonds. The number of benzene rings is 1. The molecule has 0 saturated carbocycles. The highest BCUT2D eigenvalue weighted by atomic mass is 16.5. The fraction of sp³-hybridized carbons (Fsp3) is 0.467. The zero-order chi connectivity index (χ0) is 15.2. The van der Waals surface area contributed by atoms with E-state index < -0.39 is 0 Å². The second kappa shape index (κ2) is 7.08. The van der Waals surface area contributed by atoms with Crippen molar-refractivity contribution >= 4 is 0 Å². The van der Waals surface area contributed by atoms with Crippen LogP contribution in [0, 0.1) is 0 Å². The summed E-state index contributed by atoms with van der Waals surface area (Å²) >= 11 is 0. The van der Waals surface area contributed by atoms with Crippen LogP contribution in [0.1, 0.15) is 19.7 Å². The van der Waals surface area contributed by atoms with Gasteiger partial charge in [0.1, 0.15) is 0 Å². The summed E-state index contributed by atoms with van der Waals surface area (Å²) in [5.41, 5.74) is 0.482. The summed E-state index contributed by atoms with van der Waals surface area (Å²) in [6.45, 7) is 7.13. The molecule has 1 aromatic heterocycles. The maximum Gasteiger partial charge on any atom is 0.261 e. The highest BCUT2D eigenvalue weighted by Gasteiger charge is 2.16. The molecule has 0 aliphatic rings. The first-order valence-electron chi connectivity index (χ1n) is 7.10. The summed E-state index contributed by atoms with van der Waals surface area (Å²) in [5.74, 6) is 1.34. The van der Waals surface area contributed by atoms with Crippen LogP contribution in [-0.2, 0) is 6.42 Å². The number of para-hydroxylation sites is 1. The summed E-state index contributed by atoms with van der Waals surface area (Å²) in [6, 6.07) is 5.17. The molecule has 0 bridgehead atoms. The van der Waals surface area contributed by atoms with E-state index in [1.54, 1.807) is 18.2 Å². The maximum absolute atomic E-state index is 10.1. The van der Waals surface area contributed by atoms with E-state index in [1.165, 1.54) is 7.11 Å². The molecule has 0 saturated heterocycles. The number of aromatic nitrogens is 2. The van der Waals surface area contributed by atoms with E-state index >= 15 is 0 Å². The number of ether oxygens (including phenoxy) is 1. The molecule has 0 aliphatic carbocycles. The third kappa shape index (κ3) is 3.52. The van der Waals surface area contributed by atoms with E-state index in [4.69, 9.17) is 9.26 Å². The molecule has 1 N–H and O–H groups in total. The first-order valence-corrected chi connectivity index (χ1v) is 7.10. The van der Waals surface area contributed by atoms with Crippen LogP contribution in [0.3, 0.4) is 0 Å². The summed E-state index contributed by atoms with van der Waals surface area (Å²) < 4.78 is 10.3. The molecule has 2 aromatic rings. The molecule has 0 aliphatic heterocycles. The lowest BCUT2D eigenvalue weighted by Crippen LogP contribution is -2.25. The maximum atomic E-state index is 10.1. The third-order valence-electron chi connectivity index (χ3n) is 3.46. The molecule has 0 unspecified atom stereocenters. The van der Waals surface area contributed by atoms with Gasteiger partial charge in [-0.15, -0.1) is 0 Å². The number of likely N-dealkylation sites (N-methyl/N-ethyl adjacent to an activating group) is 1. The van der Waals surface area contributed by atoms with Gasteiger partial charge in [-0.2, -0.15) is 4.98 Å². The molecule has 1 aromatic carbocycles. The number of phenolic OH excluding ortho intramolecular Hbond substituents is 1. The fourth-order valence-electron chi connectivity index (χ4n) is 2.12. The Bertz CT molecular complexity index is 579. The minimum absolute atomic E-state index is 0.0129. The molecule has 114 valence electrons. The van der Waals surface area contributed by atoms with E-state index in [0.29, 0.717) is 23.0 Å². The highest BCUT2D eigenvalue weighted by molar-refractivity contribution is 5.66. The van der Waals surface area contributed by atoms with Crippen LogP contribution < -0.4 is 4.74 Å². The number of phenols is 1. The lowest BCUT2D eigenvalue weighted by molar-refractivity contribution is 0.303. The zero-order valence-corrected chi connectivity index (χ0v) is 12.7. The monoisotopic (exact) mass is 291 g/mol. The number of hydrogen-bond donors (Lipinski definition) is 1. The summed E-state index contributed by atoms with van der Waals surface area (Å²) in [7, 11) is 1.50. The lowest BCUT2D eigenvalue weighted by Gasteiger charge is -2.16. The Balaban J connectivity index is 2.13. The van der Waals surface area contributed by atoms with E-state index in [1.807, 2.05) is 0 Å². The van der Waals surface area contributed by atoms with Gasteiger partial charge >= 0.3 is 0 Å². The second-order valence-corrected chi connectivity index (χ2v) is 4.65. The molecular weight excluding hydrogens is 270 g/mol. The number of rotatable bonds is 7. The van der Waals surface area contributed by atoms with Crippen molar-refractivity contribution in [3.05, 3.63) is 24.0 Å². The fourth-order valence-corrected chi connectivity index (χ4v) is 2.12. The van der Waals surface area contributed by atoms with Gasteiger partial charge in [-0.3, -0.25) is 0 Å². The SMILES string of the molecule is CCN(CC)CCc1noc(-c2cccc(OC)c2O)n1. The Morgan fingerprint density at radius 1 is 1.29 bits per heavy atom. The Morgan fingerprint density at radius 3 is 2.71 bits per heavy atom. The number of hydrogen-bond acceptors (Lipinski definition) is 6. The van der Waals surface area contributed by atoms with Crippen LogP contribution in [-0.4, -0.2) is 46.9 Å². The molecule has 6 heteroatoms. The Kier molecular flexibility index (Phi) is 5.16. The standard InChI is InChI=1S/C15H21N3O3/c1-4-18(5-2)10-9-13-16-15(21-17-13)11-7-6-8-12(20-3)14(11)19/h6-8,19H,4-5,9-10H2,1-3H3. The van der Waals surface area contributed by atoms with Gasteiger partial charge in [0.15, 0.2) is 17.3 Å². The Hall–Kier alpha value is -2.08. The summed E-state index contributed by atoms with van der Waals surface area (Å²) in [4.78, 5) is 6.63. The van der Waals surface area contributed by atoms with Crippen molar-refractivity contribution in [2.45, 2.75) is 20.3 Å². The van der Waals surface area contributed by atoms with Gasteiger partial charge in [-0.1, -0.05) is 25.1 Å². The molecule has 0 fully saturated rings. The number of methoxy groups -OCH3 is 1. The highest BCUT2D eigenvalue weighted by Crippen LogP contribution is 2.35. The van der Waals surface area contributed by atoms with Crippen molar-refractivity contribution in [2.24, 2.45) is 0 Å². The molecule has 0 spiro atoms. The van der Waals surface area contributed by atoms with Crippen LogP contribution in [0.2, 0.25) is 0 Å². The number of nitrogens with zero attached hydrogens (tertiary/aromatic N) is 3. The summed E-state index contributed by atoms with van der Waals surface area (Å²) in [6.07, 6.45) is 0.718. The first kappa shape index (κ1) is 15.3. The van der Waals surface area contributed by atoms with Gasteiger partial charge < -0.3 is 19.3 Å².